The number of para-hydroxylation sites is 6. The minimum absolute atomic E-state index is 0.00436. The lowest BCUT2D eigenvalue weighted by Crippen LogP contribution is -2.03. The molecular weight excluding hydrogens is 1020 g/mol. The van der Waals surface area contributed by atoms with Gasteiger partial charge in [-0.1, -0.05) is 261 Å². The molecule has 15 rings (SSSR count). The molecule has 0 saturated carbocycles. The predicted octanol–water partition coefficient (Wildman–Crippen LogP) is 19.7. The van der Waals surface area contributed by atoms with Crippen LogP contribution < -0.4 is 0 Å². The first-order chi connectivity index (χ1) is 41.5. The van der Waals surface area contributed by atoms with Crippen molar-refractivity contribution in [1.29, 1.82) is 0 Å². The second-order valence-electron chi connectivity index (χ2n) is 21.3. The van der Waals surface area contributed by atoms with E-state index in [1.807, 2.05) is 109 Å². The molecule has 394 valence electrons. The van der Waals surface area contributed by atoms with Gasteiger partial charge in [0.05, 0.1) is 44.8 Å². The topological polar surface area (TPSA) is 56.9 Å². The Morgan fingerprint density at radius 1 is 0.238 bits per heavy atom. The summed E-state index contributed by atoms with van der Waals surface area (Å²) in [5, 5.41) is 4.72. The molecular formula is C79H51N3O2. The van der Waals surface area contributed by atoms with Crippen molar-refractivity contribution in [3.63, 3.8) is 0 Å². The summed E-state index contributed by atoms with van der Waals surface area (Å²) in [6.45, 7) is 0. The number of carbonyl (C=O) groups excluding carboxylic acids is 2. The van der Waals surface area contributed by atoms with Crippen molar-refractivity contribution in [3.05, 3.63) is 332 Å². The summed E-state index contributed by atoms with van der Waals surface area (Å²) < 4.78 is 4.79. The standard InChI is InChI=1S/C79H51N3O2/c83-78(56-20-3-1-4-21-56)58-46-40-53(41-47-58)52-38-44-55(45-39-52)68-51-69(66-30-11-17-36-74(66)81-70-32-13-7-26-62(70)63-27-8-14-33-71(63)81)76(61-25-19-24-60(50-61)54-42-48-59(49-43-54)79(84)57-22-5-2-6-23-57)80-77(68)67-31-12-18-37-75(67)82-72-34-15-9-28-64(72)65-29-10-16-35-73(65)82/h1-51H. The van der Waals surface area contributed by atoms with E-state index in [0.717, 1.165) is 100 Å². The lowest BCUT2D eigenvalue weighted by molar-refractivity contribution is 0.103. The number of ketones is 2. The van der Waals surface area contributed by atoms with Gasteiger partial charge in [0.25, 0.3) is 0 Å². The predicted molar refractivity (Wildman–Crippen MR) is 345 cm³/mol. The van der Waals surface area contributed by atoms with E-state index in [1.54, 1.807) is 0 Å². The number of hydrogen-bond acceptors (Lipinski definition) is 3. The fourth-order valence-corrected chi connectivity index (χ4v) is 12.3. The van der Waals surface area contributed by atoms with E-state index in [0.29, 0.717) is 22.3 Å². The van der Waals surface area contributed by atoms with Crippen molar-refractivity contribution >= 4 is 55.2 Å². The van der Waals surface area contributed by atoms with Gasteiger partial charge in [-0.05, 0) is 76.3 Å². The van der Waals surface area contributed by atoms with Crippen LogP contribution in [0.4, 0.5) is 0 Å². The molecule has 0 amide bonds. The van der Waals surface area contributed by atoms with Crippen LogP contribution in [0.5, 0.6) is 0 Å². The molecule has 0 radical (unpaired) electrons. The normalized spacial score (nSPS) is 11.4. The van der Waals surface area contributed by atoms with Gasteiger partial charge in [0.15, 0.2) is 11.6 Å². The highest BCUT2D eigenvalue weighted by molar-refractivity contribution is 6.12. The summed E-state index contributed by atoms with van der Waals surface area (Å²) >= 11 is 0. The molecule has 3 aromatic heterocycles. The molecule has 5 nitrogen and oxygen atoms in total. The Labute approximate surface area is 486 Å². The summed E-state index contributed by atoms with van der Waals surface area (Å²) in [7, 11) is 0. The molecule has 84 heavy (non-hydrogen) atoms. The first-order valence-electron chi connectivity index (χ1n) is 28.3. The Balaban J connectivity index is 0.966. The summed E-state index contributed by atoms with van der Waals surface area (Å²) in [6, 6.07) is 106. The highest BCUT2D eigenvalue weighted by Crippen LogP contribution is 2.46. The number of hydrogen-bond donors (Lipinski definition) is 0. The van der Waals surface area contributed by atoms with E-state index in [4.69, 9.17) is 4.98 Å². The summed E-state index contributed by atoms with van der Waals surface area (Å²) in [4.78, 5) is 33.1. The van der Waals surface area contributed by atoms with Crippen LogP contribution in [0.15, 0.2) is 309 Å². The summed E-state index contributed by atoms with van der Waals surface area (Å²) in [5.41, 5.74) is 20.6. The average molecular weight is 1070 g/mol. The smallest absolute Gasteiger partial charge is 0.193 e. The molecule has 5 heteroatoms. The second-order valence-corrected chi connectivity index (χ2v) is 21.3. The summed E-state index contributed by atoms with van der Waals surface area (Å²) in [6.07, 6.45) is 0. The SMILES string of the molecule is O=C(c1ccccc1)c1ccc(-c2ccc(-c3cc(-c4ccccc4-n4c5ccccc5c5ccccc54)c(-c4cccc(-c5ccc(C(=O)c6ccccc6)cc5)c4)nc3-c3ccccc3-n3c4ccccc4c4ccccc43)cc2)cc1. The van der Waals surface area contributed by atoms with Crippen LogP contribution in [0.2, 0.25) is 0 Å². The maximum atomic E-state index is 13.6. The lowest BCUT2D eigenvalue weighted by atomic mass is 9.89. The van der Waals surface area contributed by atoms with Crippen LogP contribution in [-0.2, 0) is 0 Å². The molecule has 0 spiro atoms. The van der Waals surface area contributed by atoms with Crippen molar-refractivity contribution in [2.24, 2.45) is 0 Å². The van der Waals surface area contributed by atoms with E-state index in [1.165, 1.54) is 21.5 Å². The van der Waals surface area contributed by atoms with Gasteiger partial charge in [0, 0.05) is 71.6 Å². The maximum Gasteiger partial charge on any atom is 0.193 e. The number of aromatic nitrogens is 3. The zero-order valence-electron chi connectivity index (χ0n) is 45.6. The van der Waals surface area contributed by atoms with Crippen LogP contribution in [0, 0.1) is 0 Å². The number of pyridine rings is 1. The molecule has 0 saturated heterocycles. The highest BCUT2D eigenvalue weighted by atomic mass is 16.1. The Bertz CT molecular complexity index is 4910. The molecule has 0 aliphatic rings. The maximum absolute atomic E-state index is 13.6. The van der Waals surface area contributed by atoms with E-state index in [2.05, 4.69) is 209 Å². The molecule has 0 atom stereocenters. The fraction of sp³-hybridized carbons (Fsp3) is 0. The van der Waals surface area contributed by atoms with E-state index >= 15 is 0 Å². The van der Waals surface area contributed by atoms with Crippen LogP contribution in [-0.4, -0.2) is 25.7 Å². The third-order valence-corrected chi connectivity index (χ3v) is 16.4. The van der Waals surface area contributed by atoms with Gasteiger partial charge < -0.3 is 9.13 Å². The van der Waals surface area contributed by atoms with E-state index in [-0.39, 0.29) is 11.6 Å². The lowest BCUT2D eigenvalue weighted by Gasteiger charge is -2.22. The molecule has 12 aromatic carbocycles. The van der Waals surface area contributed by atoms with Gasteiger partial charge in [-0.2, -0.15) is 0 Å². The first-order valence-corrected chi connectivity index (χ1v) is 28.3. The number of nitrogens with zero attached hydrogens (tertiary/aromatic N) is 3. The van der Waals surface area contributed by atoms with Gasteiger partial charge in [0.1, 0.15) is 0 Å². The van der Waals surface area contributed by atoms with E-state index in [9.17, 15) is 9.59 Å². The van der Waals surface area contributed by atoms with Gasteiger partial charge in [0.2, 0.25) is 0 Å². The summed E-state index contributed by atoms with van der Waals surface area (Å²) in [5.74, 6) is -0.0173. The van der Waals surface area contributed by atoms with Crippen LogP contribution in [0.1, 0.15) is 31.8 Å². The first kappa shape index (κ1) is 49.7. The highest BCUT2D eigenvalue weighted by Gasteiger charge is 2.25. The largest absolute Gasteiger partial charge is 0.309 e. The minimum atomic E-state index is -0.0130. The third-order valence-electron chi connectivity index (χ3n) is 16.4. The van der Waals surface area contributed by atoms with Crippen LogP contribution in [0.25, 0.3) is 122 Å². The molecule has 0 aliphatic heterocycles. The zero-order valence-corrected chi connectivity index (χ0v) is 45.6. The monoisotopic (exact) mass is 1070 g/mol. The Morgan fingerprint density at radius 3 is 1.08 bits per heavy atom. The van der Waals surface area contributed by atoms with Gasteiger partial charge in [-0.25, -0.2) is 4.98 Å². The zero-order chi connectivity index (χ0) is 56.1. The molecule has 0 unspecified atom stereocenters. The molecule has 15 aromatic rings. The van der Waals surface area contributed by atoms with Gasteiger partial charge in [-0.15, -0.1) is 0 Å². The molecule has 0 aliphatic carbocycles. The quantitative estimate of drug-likeness (QED) is 0.115. The van der Waals surface area contributed by atoms with Gasteiger partial charge in [-0.3, -0.25) is 9.59 Å². The fourth-order valence-electron chi connectivity index (χ4n) is 12.3. The van der Waals surface area contributed by atoms with Crippen molar-refractivity contribution in [1.82, 2.24) is 14.1 Å². The molecule has 0 bridgehead atoms. The molecule has 0 fully saturated rings. The number of fused-ring (bicyclic) bond motifs is 6. The van der Waals surface area contributed by atoms with Crippen molar-refractivity contribution in [3.8, 4) is 78.4 Å². The van der Waals surface area contributed by atoms with Crippen molar-refractivity contribution in [2.75, 3.05) is 0 Å². The van der Waals surface area contributed by atoms with Crippen molar-refractivity contribution < 1.29 is 9.59 Å². The second kappa shape index (κ2) is 21.0. The minimum Gasteiger partial charge on any atom is -0.309 e. The molecule has 0 N–H and O–H groups in total. The third kappa shape index (κ3) is 8.71. The number of benzene rings is 12. The Morgan fingerprint density at radius 2 is 0.595 bits per heavy atom. The number of carbonyl (C=O) groups is 2. The van der Waals surface area contributed by atoms with Crippen molar-refractivity contribution in [2.45, 2.75) is 0 Å². The Hall–Kier alpha value is -11.3. The van der Waals surface area contributed by atoms with E-state index < -0.39 is 0 Å². The Kier molecular flexibility index (Phi) is 12.4. The number of rotatable bonds is 12. The molecule has 3 heterocycles. The van der Waals surface area contributed by atoms with Crippen LogP contribution >= 0.6 is 0 Å². The van der Waals surface area contributed by atoms with Crippen LogP contribution in [0.3, 0.4) is 0 Å². The van der Waals surface area contributed by atoms with Gasteiger partial charge >= 0.3 is 0 Å². The average Bonchev–Trinajstić information content (AvgIpc) is 3.53.